The van der Waals surface area contributed by atoms with Gasteiger partial charge in [0.25, 0.3) is 0 Å². The molecule has 0 saturated heterocycles. The first-order valence-corrected chi connectivity index (χ1v) is 4.68. The Balaban J connectivity index is 1.69. The third-order valence-electron chi connectivity index (χ3n) is 2.65. The van der Waals surface area contributed by atoms with Gasteiger partial charge in [0.15, 0.2) is 0 Å². The van der Waals surface area contributed by atoms with Gasteiger partial charge in [-0.2, -0.15) is 0 Å². The summed E-state index contributed by atoms with van der Waals surface area (Å²) in [5, 5.41) is 0. The van der Waals surface area contributed by atoms with Crippen LogP contribution in [0.3, 0.4) is 0 Å². The zero-order chi connectivity index (χ0) is 8.44. The van der Waals surface area contributed by atoms with Gasteiger partial charge in [0, 0.05) is 24.5 Å². The Morgan fingerprint density at radius 2 is 1.92 bits per heavy atom. The highest BCUT2D eigenvalue weighted by atomic mass is 14.9. The Bertz CT molecular complexity index is 234. The van der Waals surface area contributed by atoms with E-state index in [1.807, 2.05) is 0 Å². The van der Waals surface area contributed by atoms with Gasteiger partial charge in [0.05, 0.1) is 0 Å². The summed E-state index contributed by atoms with van der Waals surface area (Å²) >= 11 is 0. The Labute approximate surface area is 73.4 Å². The van der Waals surface area contributed by atoms with Crippen LogP contribution in [0.15, 0.2) is 24.5 Å². The predicted molar refractivity (Wildman–Crippen MR) is 49.8 cm³/mol. The molecule has 0 atom stereocenters. The second-order valence-electron chi connectivity index (χ2n) is 3.89. The largest absolute Gasteiger partial charge is 0.354 e. The minimum atomic E-state index is 0.229. The van der Waals surface area contributed by atoms with Crippen LogP contribution in [0.5, 0.6) is 0 Å². The van der Waals surface area contributed by atoms with Crippen LogP contribution in [0.25, 0.3) is 0 Å². The molecule has 0 aromatic carbocycles. The molecule has 66 valence electrons. The van der Waals surface area contributed by atoms with Crippen molar-refractivity contribution in [2.45, 2.75) is 37.8 Å². The molecule has 1 saturated carbocycles. The van der Waals surface area contributed by atoms with Crippen LogP contribution in [-0.2, 0) is 6.54 Å². The normalized spacial score (nSPS) is 19.4. The molecule has 1 aromatic heterocycles. The Morgan fingerprint density at radius 1 is 1.25 bits per heavy atom. The lowest BCUT2D eigenvalue weighted by molar-refractivity contribution is 0.527. The molecular formula is C10H16N2. The summed E-state index contributed by atoms with van der Waals surface area (Å²) in [6, 6.07) is 4.13. The summed E-state index contributed by atoms with van der Waals surface area (Å²) in [4.78, 5) is 0. The fourth-order valence-electron chi connectivity index (χ4n) is 1.54. The molecule has 1 aromatic rings. The maximum Gasteiger partial charge on any atom is 0.0220 e. The van der Waals surface area contributed by atoms with Crippen LogP contribution in [0, 0.1) is 0 Å². The van der Waals surface area contributed by atoms with Crippen LogP contribution >= 0.6 is 0 Å². The average molecular weight is 164 g/mol. The molecule has 0 unspecified atom stereocenters. The highest BCUT2D eigenvalue weighted by Gasteiger charge is 2.36. The van der Waals surface area contributed by atoms with E-state index in [2.05, 4.69) is 29.1 Å². The van der Waals surface area contributed by atoms with Gasteiger partial charge in [0.1, 0.15) is 0 Å². The molecule has 0 bridgehead atoms. The summed E-state index contributed by atoms with van der Waals surface area (Å²) < 4.78 is 2.21. The highest BCUT2D eigenvalue weighted by molar-refractivity contribution is 4.98. The van der Waals surface area contributed by atoms with Gasteiger partial charge in [-0.25, -0.2) is 0 Å². The second kappa shape index (κ2) is 2.94. The summed E-state index contributed by atoms with van der Waals surface area (Å²) in [5.41, 5.74) is 6.21. The van der Waals surface area contributed by atoms with E-state index >= 15 is 0 Å². The fraction of sp³-hybridized carbons (Fsp3) is 0.600. The quantitative estimate of drug-likeness (QED) is 0.722. The first-order valence-electron chi connectivity index (χ1n) is 4.68. The zero-order valence-corrected chi connectivity index (χ0v) is 7.37. The van der Waals surface area contributed by atoms with Crippen LogP contribution in [0.2, 0.25) is 0 Å². The number of nitrogens with two attached hydrogens (primary N) is 1. The van der Waals surface area contributed by atoms with E-state index in [-0.39, 0.29) is 5.54 Å². The van der Waals surface area contributed by atoms with Gasteiger partial charge in [-0.15, -0.1) is 0 Å². The van der Waals surface area contributed by atoms with Crippen molar-refractivity contribution in [3.05, 3.63) is 24.5 Å². The van der Waals surface area contributed by atoms with Gasteiger partial charge in [0.2, 0.25) is 0 Å². The van der Waals surface area contributed by atoms with E-state index in [1.165, 1.54) is 25.7 Å². The van der Waals surface area contributed by atoms with Gasteiger partial charge < -0.3 is 10.3 Å². The molecular weight excluding hydrogens is 148 g/mol. The minimum Gasteiger partial charge on any atom is -0.354 e. The Hall–Kier alpha value is -0.760. The molecule has 1 fully saturated rings. The number of rotatable bonds is 4. The SMILES string of the molecule is NC1(CCCn2cccc2)CC1. The Kier molecular flexibility index (Phi) is 1.93. The number of nitrogens with zero attached hydrogens (tertiary/aromatic N) is 1. The molecule has 1 aliphatic carbocycles. The summed E-state index contributed by atoms with van der Waals surface area (Å²) in [7, 11) is 0. The van der Waals surface area contributed by atoms with Gasteiger partial charge >= 0.3 is 0 Å². The molecule has 2 rings (SSSR count). The first-order chi connectivity index (χ1) is 5.79. The number of aromatic nitrogens is 1. The summed E-state index contributed by atoms with van der Waals surface area (Å²) in [6.45, 7) is 1.12. The number of aryl methyl sites for hydroxylation is 1. The van der Waals surface area contributed by atoms with Crippen molar-refractivity contribution >= 4 is 0 Å². The maximum absolute atomic E-state index is 5.98. The molecule has 0 spiro atoms. The predicted octanol–water partition coefficient (Wildman–Crippen LogP) is 1.76. The monoisotopic (exact) mass is 164 g/mol. The van der Waals surface area contributed by atoms with Crippen LogP contribution in [0.1, 0.15) is 25.7 Å². The third-order valence-corrected chi connectivity index (χ3v) is 2.65. The average Bonchev–Trinajstić information content (AvgIpc) is 2.61. The highest BCUT2D eigenvalue weighted by Crippen LogP contribution is 2.36. The smallest absolute Gasteiger partial charge is 0.0220 e. The van der Waals surface area contributed by atoms with Gasteiger partial charge in [-0.1, -0.05) is 0 Å². The van der Waals surface area contributed by atoms with Crippen molar-refractivity contribution in [2.75, 3.05) is 0 Å². The van der Waals surface area contributed by atoms with Crippen molar-refractivity contribution in [3.8, 4) is 0 Å². The van der Waals surface area contributed by atoms with E-state index in [9.17, 15) is 0 Å². The van der Waals surface area contributed by atoms with E-state index < -0.39 is 0 Å². The molecule has 12 heavy (non-hydrogen) atoms. The first kappa shape index (κ1) is 7.87. The Morgan fingerprint density at radius 3 is 2.50 bits per heavy atom. The number of hydrogen-bond acceptors (Lipinski definition) is 1. The van der Waals surface area contributed by atoms with Crippen LogP contribution < -0.4 is 5.73 Å². The van der Waals surface area contributed by atoms with Gasteiger partial charge in [-0.05, 0) is 37.8 Å². The van der Waals surface area contributed by atoms with Crippen molar-refractivity contribution in [1.82, 2.24) is 4.57 Å². The minimum absolute atomic E-state index is 0.229. The molecule has 2 heteroatoms. The van der Waals surface area contributed by atoms with E-state index in [4.69, 9.17) is 5.73 Å². The third kappa shape index (κ3) is 1.89. The topological polar surface area (TPSA) is 30.9 Å². The second-order valence-corrected chi connectivity index (χ2v) is 3.89. The molecule has 1 aliphatic rings. The molecule has 0 aliphatic heterocycles. The molecule has 2 N–H and O–H groups in total. The molecule has 0 radical (unpaired) electrons. The van der Waals surface area contributed by atoms with E-state index in [0.29, 0.717) is 0 Å². The van der Waals surface area contributed by atoms with Crippen LogP contribution in [-0.4, -0.2) is 10.1 Å². The summed E-state index contributed by atoms with van der Waals surface area (Å²) in [5.74, 6) is 0. The van der Waals surface area contributed by atoms with Crippen molar-refractivity contribution < 1.29 is 0 Å². The molecule has 2 nitrogen and oxygen atoms in total. The summed E-state index contributed by atoms with van der Waals surface area (Å²) in [6.07, 6.45) is 9.08. The zero-order valence-electron chi connectivity index (χ0n) is 7.37. The number of hydrogen-bond donors (Lipinski definition) is 1. The fourth-order valence-corrected chi connectivity index (χ4v) is 1.54. The molecule has 1 heterocycles. The molecule has 0 amide bonds. The lowest BCUT2D eigenvalue weighted by Crippen LogP contribution is -2.21. The van der Waals surface area contributed by atoms with Crippen molar-refractivity contribution in [3.63, 3.8) is 0 Å². The van der Waals surface area contributed by atoms with E-state index in [1.54, 1.807) is 0 Å². The van der Waals surface area contributed by atoms with Crippen molar-refractivity contribution in [1.29, 1.82) is 0 Å². The standard InChI is InChI=1S/C10H16N2/c11-10(5-6-10)4-3-9-12-7-1-2-8-12/h1-2,7-8H,3-6,9,11H2. The van der Waals surface area contributed by atoms with Gasteiger partial charge in [-0.3, -0.25) is 0 Å². The van der Waals surface area contributed by atoms with Crippen LogP contribution in [0.4, 0.5) is 0 Å². The van der Waals surface area contributed by atoms with E-state index in [0.717, 1.165) is 6.54 Å². The maximum atomic E-state index is 5.98. The van der Waals surface area contributed by atoms with Crippen molar-refractivity contribution in [2.24, 2.45) is 5.73 Å². The lowest BCUT2D eigenvalue weighted by atomic mass is 10.1. The lowest BCUT2D eigenvalue weighted by Gasteiger charge is -2.07.